The predicted octanol–water partition coefficient (Wildman–Crippen LogP) is 6.21. The van der Waals surface area contributed by atoms with Crippen LogP contribution in [-0.2, 0) is 17.1 Å². The predicted molar refractivity (Wildman–Crippen MR) is 96.1 cm³/mol. The van der Waals surface area contributed by atoms with E-state index in [9.17, 15) is 30.7 Å². The Balaban J connectivity index is 1.89. The third-order valence-corrected chi connectivity index (χ3v) is 5.36. The number of ether oxygens (including phenoxy) is 1. The molecule has 0 unspecified atom stereocenters. The van der Waals surface area contributed by atoms with E-state index in [4.69, 9.17) is 10.5 Å². The lowest BCUT2D eigenvalue weighted by atomic mass is 9.92. The molecule has 0 amide bonds. The van der Waals surface area contributed by atoms with Crippen LogP contribution in [0.15, 0.2) is 42.5 Å². The van der Waals surface area contributed by atoms with Crippen molar-refractivity contribution in [2.75, 3.05) is 0 Å². The zero-order chi connectivity index (χ0) is 22.3. The first-order valence-corrected chi connectivity index (χ1v) is 9.32. The molecule has 1 aliphatic rings. The Morgan fingerprint density at radius 1 is 0.900 bits per heavy atom. The number of rotatable bonds is 4. The van der Waals surface area contributed by atoms with Crippen molar-refractivity contribution in [3.8, 4) is 0 Å². The average Bonchev–Trinajstić information content (AvgIpc) is 3.01. The Kier molecular flexibility index (Phi) is 6.15. The van der Waals surface area contributed by atoms with Gasteiger partial charge in [-0.15, -0.1) is 0 Å². The minimum Gasteiger partial charge on any atom is -0.370 e. The summed E-state index contributed by atoms with van der Waals surface area (Å²) in [5.41, 5.74) is 3.85. The first kappa shape index (κ1) is 22.6. The van der Waals surface area contributed by atoms with Gasteiger partial charge in [-0.05, 0) is 61.2 Å². The molecule has 1 saturated carbocycles. The number of hydrogen-bond acceptors (Lipinski definition) is 2. The molecule has 2 aromatic carbocycles. The summed E-state index contributed by atoms with van der Waals surface area (Å²) in [6, 6.07) is 6.75. The number of nitrogens with two attached hydrogens (primary N) is 1. The van der Waals surface area contributed by atoms with Crippen LogP contribution in [0.4, 0.5) is 30.7 Å². The van der Waals surface area contributed by atoms with E-state index in [0.717, 1.165) is 0 Å². The standard InChI is InChI=1S/C21H20F7NO/c1-11(13-8-14(20(23,24)25)10-15(9-13)21(26,27)28)30-18-7-6-17(29)19(18)12-2-4-16(22)5-3-12/h2-5,8-11,17-19H,6-7,29H2,1H3/t11-,17-,18+,19+/m1/s1. The summed E-state index contributed by atoms with van der Waals surface area (Å²) >= 11 is 0. The van der Waals surface area contributed by atoms with Gasteiger partial charge in [-0.25, -0.2) is 4.39 Å². The summed E-state index contributed by atoms with van der Waals surface area (Å²) in [5, 5.41) is 0. The van der Waals surface area contributed by atoms with Gasteiger partial charge in [-0.2, -0.15) is 26.3 Å². The number of hydrogen-bond donors (Lipinski definition) is 1. The molecular weight excluding hydrogens is 415 g/mol. The van der Waals surface area contributed by atoms with Gasteiger partial charge in [0.15, 0.2) is 0 Å². The largest absolute Gasteiger partial charge is 0.416 e. The molecule has 2 N–H and O–H groups in total. The van der Waals surface area contributed by atoms with Crippen LogP contribution in [0.2, 0.25) is 0 Å². The van der Waals surface area contributed by atoms with Crippen LogP contribution < -0.4 is 5.73 Å². The SMILES string of the molecule is C[C@@H](O[C@H]1CC[C@@H](N)[C@@H]1c1ccc(F)cc1)c1cc(C(F)(F)F)cc(C(F)(F)F)c1. The molecule has 2 aromatic rings. The van der Waals surface area contributed by atoms with Gasteiger partial charge in [0.1, 0.15) is 5.82 Å². The lowest BCUT2D eigenvalue weighted by Crippen LogP contribution is -2.30. The molecule has 1 aliphatic carbocycles. The minimum absolute atomic E-state index is 0.0863. The van der Waals surface area contributed by atoms with Crippen molar-refractivity contribution < 1.29 is 35.5 Å². The van der Waals surface area contributed by atoms with Crippen LogP contribution in [0.5, 0.6) is 0 Å². The number of alkyl halides is 6. The van der Waals surface area contributed by atoms with Crippen LogP contribution in [0, 0.1) is 5.82 Å². The van der Waals surface area contributed by atoms with Crippen molar-refractivity contribution in [3.05, 3.63) is 70.5 Å². The number of halogens is 7. The van der Waals surface area contributed by atoms with Crippen molar-refractivity contribution in [1.82, 2.24) is 0 Å². The molecule has 0 radical (unpaired) electrons. The normalized spacial score (nSPS) is 23.6. The van der Waals surface area contributed by atoms with E-state index in [1.165, 1.54) is 19.1 Å². The van der Waals surface area contributed by atoms with Crippen molar-refractivity contribution in [2.24, 2.45) is 5.73 Å². The fourth-order valence-electron chi connectivity index (χ4n) is 3.85. The summed E-state index contributed by atoms with van der Waals surface area (Å²) in [5.74, 6) is -0.777. The van der Waals surface area contributed by atoms with E-state index in [-0.39, 0.29) is 23.6 Å². The first-order chi connectivity index (χ1) is 13.9. The van der Waals surface area contributed by atoms with Crippen LogP contribution in [0.3, 0.4) is 0 Å². The van der Waals surface area contributed by atoms with Crippen molar-refractivity contribution in [3.63, 3.8) is 0 Å². The smallest absolute Gasteiger partial charge is 0.370 e. The topological polar surface area (TPSA) is 35.2 Å². The monoisotopic (exact) mass is 435 g/mol. The minimum atomic E-state index is -4.93. The molecule has 0 spiro atoms. The molecule has 4 atom stereocenters. The lowest BCUT2D eigenvalue weighted by molar-refractivity contribution is -0.143. The second-order valence-electron chi connectivity index (χ2n) is 7.47. The van der Waals surface area contributed by atoms with E-state index in [1.807, 2.05) is 0 Å². The Labute approximate surface area is 168 Å². The summed E-state index contributed by atoms with van der Waals surface area (Å²) in [6.45, 7) is 1.40. The molecule has 164 valence electrons. The third-order valence-electron chi connectivity index (χ3n) is 5.36. The molecule has 30 heavy (non-hydrogen) atoms. The van der Waals surface area contributed by atoms with Crippen molar-refractivity contribution in [2.45, 2.75) is 56.3 Å². The molecule has 0 aromatic heterocycles. The first-order valence-electron chi connectivity index (χ1n) is 9.32. The maximum absolute atomic E-state index is 13.2. The van der Waals surface area contributed by atoms with Gasteiger partial charge in [0.2, 0.25) is 0 Å². The summed E-state index contributed by atoms with van der Waals surface area (Å²) in [6.07, 6.45) is -10.4. The summed E-state index contributed by atoms with van der Waals surface area (Å²) in [7, 11) is 0. The molecule has 1 fully saturated rings. The van der Waals surface area contributed by atoms with E-state index in [2.05, 4.69) is 0 Å². The Morgan fingerprint density at radius 3 is 1.93 bits per heavy atom. The van der Waals surface area contributed by atoms with E-state index in [0.29, 0.717) is 30.5 Å². The second kappa shape index (κ2) is 8.19. The fourth-order valence-corrected chi connectivity index (χ4v) is 3.85. The highest BCUT2D eigenvalue weighted by atomic mass is 19.4. The highest BCUT2D eigenvalue weighted by Crippen LogP contribution is 2.41. The van der Waals surface area contributed by atoms with Crippen LogP contribution in [0.1, 0.15) is 54.0 Å². The second-order valence-corrected chi connectivity index (χ2v) is 7.47. The molecule has 0 saturated heterocycles. The van der Waals surface area contributed by atoms with Gasteiger partial charge >= 0.3 is 12.4 Å². The zero-order valence-electron chi connectivity index (χ0n) is 15.9. The van der Waals surface area contributed by atoms with Crippen LogP contribution in [-0.4, -0.2) is 12.1 Å². The Morgan fingerprint density at radius 2 is 1.43 bits per heavy atom. The van der Waals surface area contributed by atoms with Crippen molar-refractivity contribution >= 4 is 0 Å². The molecule has 0 heterocycles. The van der Waals surface area contributed by atoms with Gasteiger partial charge in [-0.1, -0.05) is 12.1 Å². The molecule has 0 aliphatic heterocycles. The van der Waals surface area contributed by atoms with Crippen LogP contribution in [0.25, 0.3) is 0 Å². The fraction of sp³-hybridized carbons (Fsp3) is 0.429. The highest BCUT2D eigenvalue weighted by Gasteiger charge is 2.39. The Bertz CT molecular complexity index is 844. The lowest BCUT2D eigenvalue weighted by Gasteiger charge is -2.27. The maximum atomic E-state index is 13.2. The van der Waals surface area contributed by atoms with Gasteiger partial charge in [0.25, 0.3) is 0 Å². The molecule has 2 nitrogen and oxygen atoms in total. The van der Waals surface area contributed by atoms with E-state index < -0.39 is 41.5 Å². The Hall–Kier alpha value is -2.13. The molecule has 9 heteroatoms. The van der Waals surface area contributed by atoms with Gasteiger partial charge < -0.3 is 10.5 Å². The molecular formula is C21H20F7NO. The molecule has 3 rings (SSSR count). The van der Waals surface area contributed by atoms with E-state index >= 15 is 0 Å². The average molecular weight is 435 g/mol. The quantitative estimate of drug-likeness (QED) is 0.579. The molecule has 0 bridgehead atoms. The summed E-state index contributed by atoms with van der Waals surface area (Å²) in [4.78, 5) is 0. The number of benzene rings is 2. The van der Waals surface area contributed by atoms with E-state index in [1.54, 1.807) is 12.1 Å². The zero-order valence-corrected chi connectivity index (χ0v) is 15.9. The summed E-state index contributed by atoms with van der Waals surface area (Å²) < 4.78 is 97.8. The van der Waals surface area contributed by atoms with Crippen LogP contribution >= 0.6 is 0 Å². The van der Waals surface area contributed by atoms with Crippen molar-refractivity contribution in [1.29, 1.82) is 0 Å². The third kappa shape index (κ3) is 4.95. The maximum Gasteiger partial charge on any atom is 0.416 e. The highest BCUT2D eigenvalue weighted by molar-refractivity contribution is 5.35. The van der Waals surface area contributed by atoms with Gasteiger partial charge in [0.05, 0.1) is 23.3 Å². The van der Waals surface area contributed by atoms with Gasteiger partial charge in [0, 0.05) is 12.0 Å². The van der Waals surface area contributed by atoms with Gasteiger partial charge in [-0.3, -0.25) is 0 Å².